The van der Waals surface area contributed by atoms with E-state index in [9.17, 15) is 14.4 Å². The first kappa shape index (κ1) is 33.6. The van der Waals surface area contributed by atoms with E-state index in [4.69, 9.17) is 0 Å². The molecule has 0 fully saturated rings. The summed E-state index contributed by atoms with van der Waals surface area (Å²) in [7, 11) is 1.25. The fourth-order valence-corrected chi connectivity index (χ4v) is 2.90. The van der Waals surface area contributed by atoms with Gasteiger partial charge in [-0.05, 0) is 57.8 Å². The van der Waals surface area contributed by atoms with Crippen LogP contribution in [0.25, 0.3) is 0 Å². The minimum absolute atomic E-state index is 0.0320. The molecular formula is C31H46N2O4. The molecule has 2 amide bonds. The van der Waals surface area contributed by atoms with Crippen molar-refractivity contribution in [3.63, 3.8) is 0 Å². The summed E-state index contributed by atoms with van der Waals surface area (Å²) in [5.74, 6) is -0.878. The Balaban J connectivity index is 3.61. The van der Waals surface area contributed by atoms with Gasteiger partial charge in [0.1, 0.15) is 0 Å². The number of allylic oxidation sites excluding steroid dienone is 12. The summed E-state index contributed by atoms with van der Waals surface area (Å²) in [6.45, 7) is 3.21. The van der Waals surface area contributed by atoms with Crippen molar-refractivity contribution in [2.75, 3.05) is 20.2 Å². The Hall–Kier alpha value is -3.41. The maximum absolute atomic E-state index is 11.8. The van der Waals surface area contributed by atoms with Crippen LogP contribution in [0.3, 0.4) is 0 Å². The molecule has 0 aromatic heterocycles. The lowest BCUT2D eigenvalue weighted by Crippen LogP contribution is -2.26. The Bertz CT molecular complexity index is 817. The van der Waals surface area contributed by atoms with Gasteiger partial charge in [0.05, 0.1) is 7.11 Å². The first-order chi connectivity index (χ1) is 18.1. The predicted octanol–water partition coefficient (Wildman–Crippen LogP) is 6.21. The molecule has 0 bridgehead atoms. The van der Waals surface area contributed by atoms with E-state index in [0.717, 1.165) is 69.9 Å². The third-order valence-corrected chi connectivity index (χ3v) is 4.93. The van der Waals surface area contributed by atoms with Crippen LogP contribution in [0.2, 0.25) is 0 Å². The van der Waals surface area contributed by atoms with Gasteiger partial charge in [-0.3, -0.25) is 9.59 Å². The van der Waals surface area contributed by atoms with Crippen LogP contribution in [-0.2, 0) is 19.1 Å². The van der Waals surface area contributed by atoms with Crippen LogP contribution >= 0.6 is 0 Å². The lowest BCUT2D eigenvalue weighted by atomic mass is 10.2. The van der Waals surface area contributed by atoms with Crippen molar-refractivity contribution >= 4 is 17.8 Å². The fourth-order valence-electron chi connectivity index (χ4n) is 2.90. The lowest BCUT2D eigenvalue weighted by Gasteiger charge is -2.05. The largest absolute Gasteiger partial charge is 0.466 e. The van der Waals surface area contributed by atoms with E-state index in [1.807, 2.05) is 6.08 Å². The zero-order chi connectivity index (χ0) is 27.2. The average Bonchev–Trinajstić information content (AvgIpc) is 2.90. The highest BCUT2D eigenvalue weighted by Crippen LogP contribution is 1.98. The molecule has 0 rings (SSSR count). The van der Waals surface area contributed by atoms with E-state index in [1.54, 1.807) is 0 Å². The van der Waals surface area contributed by atoms with Gasteiger partial charge in [0.25, 0.3) is 0 Å². The molecule has 0 aliphatic heterocycles. The number of carbonyl (C=O) groups is 3. The van der Waals surface area contributed by atoms with Crippen LogP contribution in [0, 0.1) is 0 Å². The molecule has 0 aliphatic rings. The summed E-state index contributed by atoms with van der Waals surface area (Å²) < 4.78 is 4.41. The molecule has 0 aromatic rings. The van der Waals surface area contributed by atoms with Gasteiger partial charge in [-0.2, -0.15) is 0 Å². The van der Waals surface area contributed by atoms with Crippen LogP contribution in [0.5, 0.6) is 0 Å². The Kier molecular flexibility index (Phi) is 24.7. The monoisotopic (exact) mass is 510 g/mol. The number of methoxy groups -OCH3 is 1. The Morgan fingerprint density at radius 2 is 1.08 bits per heavy atom. The molecule has 0 spiro atoms. The van der Waals surface area contributed by atoms with Gasteiger partial charge in [-0.15, -0.1) is 0 Å². The van der Waals surface area contributed by atoms with Crippen molar-refractivity contribution in [2.45, 2.75) is 71.1 Å². The molecule has 0 heterocycles. The Labute approximate surface area is 224 Å². The second-order valence-corrected chi connectivity index (χ2v) is 8.16. The van der Waals surface area contributed by atoms with Crippen molar-refractivity contribution in [1.82, 2.24) is 10.6 Å². The number of ether oxygens (including phenoxy) is 1. The molecule has 0 unspecified atom stereocenters. The van der Waals surface area contributed by atoms with Gasteiger partial charge < -0.3 is 15.4 Å². The minimum atomic E-state index is -0.568. The summed E-state index contributed by atoms with van der Waals surface area (Å²) >= 11 is 0. The number of nitrogens with one attached hydrogen (secondary N) is 2. The number of rotatable bonds is 21. The summed E-state index contributed by atoms with van der Waals surface area (Å²) in [6, 6.07) is 0. The van der Waals surface area contributed by atoms with Crippen molar-refractivity contribution < 1.29 is 19.1 Å². The fraction of sp³-hybridized carbons (Fsp3) is 0.452. The molecule has 0 radical (unpaired) electrons. The maximum atomic E-state index is 11.8. The van der Waals surface area contributed by atoms with Gasteiger partial charge in [-0.25, -0.2) is 4.79 Å². The smallest absolute Gasteiger partial charge is 0.330 e. The molecule has 0 aliphatic carbocycles. The first-order valence-corrected chi connectivity index (χ1v) is 13.3. The summed E-state index contributed by atoms with van der Waals surface area (Å²) in [5.41, 5.74) is 0. The molecule has 0 saturated carbocycles. The zero-order valence-electron chi connectivity index (χ0n) is 22.7. The SMILES string of the molecule is CCC=CCC=CCC=CCC=CCC=CCC=CCCC(=O)NCCCCNC(=O)C=CC(=O)OC. The topological polar surface area (TPSA) is 84.5 Å². The van der Waals surface area contributed by atoms with Crippen LogP contribution < -0.4 is 10.6 Å². The third kappa shape index (κ3) is 27.0. The molecular weight excluding hydrogens is 464 g/mol. The van der Waals surface area contributed by atoms with E-state index in [2.05, 4.69) is 89.1 Å². The van der Waals surface area contributed by atoms with Crippen LogP contribution in [-0.4, -0.2) is 38.0 Å². The van der Waals surface area contributed by atoms with Gasteiger partial charge in [0, 0.05) is 31.7 Å². The molecule has 6 heteroatoms. The number of amides is 2. The molecule has 0 saturated heterocycles. The Morgan fingerprint density at radius 3 is 1.57 bits per heavy atom. The van der Waals surface area contributed by atoms with Gasteiger partial charge >= 0.3 is 5.97 Å². The summed E-state index contributed by atoms with van der Waals surface area (Å²) in [4.78, 5) is 34.2. The standard InChI is InChI=1S/C31H46N2O4/c1-3-4-5-6-7-8-9-10-11-12-13-14-15-16-17-18-19-20-21-24-29(34)32-27-22-23-28-33-30(35)25-26-31(36)37-2/h4-5,7-8,10-11,13-14,16-17,19-20,25-26H,3,6,9,12,15,18,21-24,27-28H2,1-2H3,(H,32,34)(H,33,35). The molecule has 204 valence electrons. The highest BCUT2D eigenvalue weighted by molar-refractivity contribution is 5.94. The first-order valence-electron chi connectivity index (χ1n) is 13.3. The maximum Gasteiger partial charge on any atom is 0.330 e. The molecule has 6 nitrogen and oxygen atoms in total. The van der Waals surface area contributed by atoms with Crippen LogP contribution in [0.15, 0.2) is 85.1 Å². The zero-order valence-corrected chi connectivity index (χ0v) is 22.7. The molecule has 0 aromatic carbocycles. The molecule has 37 heavy (non-hydrogen) atoms. The van der Waals surface area contributed by atoms with E-state index in [-0.39, 0.29) is 11.8 Å². The Morgan fingerprint density at radius 1 is 0.622 bits per heavy atom. The van der Waals surface area contributed by atoms with Gasteiger partial charge in [0.2, 0.25) is 11.8 Å². The third-order valence-electron chi connectivity index (χ3n) is 4.93. The van der Waals surface area contributed by atoms with Crippen molar-refractivity contribution in [3.05, 3.63) is 85.1 Å². The predicted molar refractivity (Wildman–Crippen MR) is 154 cm³/mol. The van der Waals surface area contributed by atoms with Gasteiger partial charge in [0.15, 0.2) is 0 Å². The second kappa shape index (κ2) is 27.2. The van der Waals surface area contributed by atoms with Crippen molar-refractivity contribution in [1.29, 1.82) is 0 Å². The number of hydrogen-bond acceptors (Lipinski definition) is 4. The van der Waals surface area contributed by atoms with Crippen molar-refractivity contribution in [2.24, 2.45) is 0 Å². The van der Waals surface area contributed by atoms with Crippen molar-refractivity contribution in [3.8, 4) is 0 Å². The number of esters is 1. The van der Waals surface area contributed by atoms with E-state index >= 15 is 0 Å². The number of carbonyl (C=O) groups excluding carboxylic acids is 3. The van der Waals surface area contributed by atoms with E-state index in [0.29, 0.717) is 19.5 Å². The molecule has 2 N–H and O–H groups in total. The van der Waals surface area contributed by atoms with Crippen LogP contribution in [0.4, 0.5) is 0 Å². The lowest BCUT2D eigenvalue weighted by molar-refractivity contribution is -0.135. The minimum Gasteiger partial charge on any atom is -0.466 e. The average molecular weight is 511 g/mol. The second-order valence-electron chi connectivity index (χ2n) is 8.16. The number of hydrogen-bond donors (Lipinski definition) is 2. The summed E-state index contributed by atoms with van der Waals surface area (Å²) in [5, 5.41) is 5.55. The van der Waals surface area contributed by atoms with E-state index in [1.165, 1.54) is 7.11 Å². The quantitative estimate of drug-likeness (QED) is 0.0833. The number of unbranched alkanes of at least 4 members (excludes halogenated alkanes) is 1. The summed E-state index contributed by atoms with van der Waals surface area (Å²) in [6.07, 6.45) is 36.7. The highest BCUT2D eigenvalue weighted by Gasteiger charge is 2.00. The van der Waals surface area contributed by atoms with Gasteiger partial charge in [-0.1, -0.05) is 79.8 Å². The normalized spacial score (nSPS) is 12.4. The van der Waals surface area contributed by atoms with Crippen LogP contribution in [0.1, 0.15) is 71.1 Å². The van der Waals surface area contributed by atoms with E-state index < -0.39 is 5.97 Å². The highest BCUT2D eigenvalue weighted by atomic mass is 16.5. The molecule has 0 atom stereocenters.